The number of aromatic nitrogens is 5. The molecule has 0 unspecified atom stereocenters. The zero-order valence-corrected chi connectivity index (χ0v) is 11.7. The van der Waals surface area contributed by atoms with Crippen LogP contribution in [0.25, 0.3) is 16.7 Å². The number of rotatable bonds is 4. The molecular weight excluding hydrogens is 290 g/mol. The van der Waals surface area contributed by atoms with Gasteiger partial charge in [0.15, 0.2) is 5.82 Å². The Balaban J connectivity index is 2.34. The van der Waals surface area contributed by atoms with Gasteiger partial charge in [0, 0.05) is 6.20 Å². The third-order valence-electron chi connectivity index (χ3n) is 3.23. The molecule has 0 amide bonds. The first-order valence-electron chi connectivity index (χ1n) is 6.23. The SMILES string of the molecule is COc1cnc(-n2ncnc2C)c2[nH]cc(C(=O)C(=O)O)c12. The Morgan fingerprint density at radius 1 is 1.36 bits per heavy atom. The van der Waals surface area contributed by atoms with Gasteiger partial charge in [-0.25, -0.2) is 14.8 Å². The number of Topliss-reactive ketones (excluding diaryl/α,β-unsaturated/α-hetero) is 1. The molecule has 0 fully saturated rings. The number of nitrogens with one attached hydrogen (secondary N) is 1. The van der Waals surface area contributed by atoms with Crippen LogP contribution in [0.2, 0.25) is 0 Å². The van der Waals surface area contributed by atoms with E-state index in [4.69, 9.17) is 9.84 Å². The molecule has 2 N–H and O–H groups in total. The molecule has 0 spiro atoms. The third-order valence-corrected chi connectivity index (χ3v) is 3.23. The van der Waals surface area contributed by atoms with E-state index in [1.807, 2.05) is 0 Å². The van der Waals surface area contributed by atoms with E-state index in [0.29, 0.717) is 28.3 Å². The second kappa shape index (κ2) is 4.95. The predicted octanol–water partition coefficient (Wildman–Crippen LogP) is 0.728. The van der Waals surface area contributed by atoms with Crippen LogP contribution in [0.15, 0.2) is 18.7 Å². The number of nitrogens with zero attached hydrogens (tertiary/aromatic N) is 4. The first-order chi connectivity index (χ1) is 10.5. The van der Waals surface area contributed by atoms with Crippen LogP contribution in [0, 0.1) is 6.92 Å². The predicted molar refractivity (Wildman–Crippen MR) is 74.3 cm³/mol. The van der Waals surface area contributed by atoms with Crippen LogP contribution in [0.5, 0.6) is 5.75 Å². The molecule has 3 aromatic rings. The lowest BCUT2D eigenvalue weighted by Gasteiger charge is -2.07. The average Bonchev–Trinajstić information content (AvgIpc) is 3.12. The summed E-state index contributed by atoms with van der Waals surface area (Å²) < 4.78 is 6.67. The van der Waals surface area contributed by atoms with E-state index in [1.165, 1.54) is 30.5 Å². The van der Waals surface area contributed by atoms with Crippen molar-refractivity contribution in [3.05, 3.63) is 30.1 Å². The van der Waals surface area contributed by atoms with Crippen molar-refractivity contribution in [2.24, 2.45) is 0 Å². The summed E-state index contributed by atoms with van der Waals surface area (Å²) in [7, 11) is 1.42. The topological polar surface area (TPSA) is 123 Å². The molecule has 0 aliphatic rings. The minimum absolute atomic E-state index is 0.000711. The monoisotopic (exact) mass is 301 g/mol. The largest absolute Gasteiger partial charge is 0.494 e. The van der Waals surface area contributed by atoms with Crippen LogP contribution in [-0.4, -0.2) is 48.7 Å². The molecule has 0 bridgehead atoms. The summed E-state index contributed by atoms with van der Waals surface area (Å²) >= 11 is 0. The van der Waals surface area contributed by atoms with E-state index in [1.54, 1.807) is 6.92 Å². The molecule has 0 aromatic carbocycles. The van der Waals surface area contributed by atoms with E-state index in [2.05, 4.69) is 20.1 Å². The first kappa shape index (κ1) is 13.7. The maximum Gasteiger partial charge on any atom is 0.377 e. The van der Waals surface area contributed by atoms with Crippen LogP contribution >= 0.6 is 0 Å². The molecule has 0 saturated heterocycles. The Hall–Kier alpha value is -3.23. The van der Waals surface area contributed by atoms with Gasteiger partial charge in [0.2, 0.25) is 0 Å². The number of carbonyl (C=O) groups is 2. The molecule has 3 aromatic heterocycles. The highest BCUT2D eigenvalue weighted by Gasteiger charge is 2.24. The zero-order valence-electron chi connectivity index (χ0n) is 11.7. The number of hydrogen-bond acceptors (Lipinski definition) is 6. The number of carboxylic acid groups (broad SMARTS) is 1. The van der Waals surface area contributed by atoms with Crippen molar-refractivity contribution in [1.82, 2.24) is 24.7 Å². The lowest BCUT2D eigenvalue weighted by atomic mass is 10.1. The van der Waals surface area contributed by atoms with Gasteiger partial charge in [-0.05, 0) is 6.92 Å². The van der Waals surface area contributed by atoms with E-state index in [0.717, 1.165) is 0 Å². The second-order valence-electron chi connectivity index (χ2n) is 4.46. The van der Waals surface area contributed by atoms with Gasteiger partial charge in [0.1, 0.15) is 17.9 Å². The van der Waals surface area contributed by atoms with E-state index in [9.17, 15) is 9.59 Å². The molecule has 0 radical (unpaired) electrons. The van der Waals surface area contributed by atoms with Crippen LogP contribution in [0.3, 0.4) is 0 Å². The number of fused-ring (bicyclic) bond motifs is 1. The van der Waals surface area contributed by atoms with Gasteiger partial charge in [-0.1, -0.05) is 0 Å². The van der Waals surface area contributed by atoms with Crippen LogP contribution in [0.1, 0.15) is 16.2 Å². The fourth-order valence-corrected chi connectivity index (χ4v) is 2.22. The number of pyridine rings is 1. The normalized spacial score (nSPS) is 10.8. The molecule has 9 nitrogen and oxygen atoms in total. The average molecular weight is 301 g/mol. The summed E-state index contributed by atoms with van der Waals surface area (Å²) in [6, 6.07) is 0. The maximum absolute atomic E-state index is 11.8. The number of carboxylic acids is 1. The summed E-state index contributed by atoms with van der Waals surface area (Å²) in [5, 5.41) is 13.3. The number of hydrogen-bond donors (Lipinski definition) is 2. The highest BCUT2D eigenvalue weighted by molar-refractivity contribution is 6.42. The zero-order chi connectivity index (χ0) is 15.9. The molecular formula is C13H11N5O4. The summed E-state index contributed by atoms with van der Waals surface area (Å²) in [4.78, 5) is 33.9. The maximum atomic E-state index is 11.8. The van der Waals surface area contributed by atoms with Gasteiger partial charge in [0.25, 0.3) is 5.78 Å². The summed E-state index contributed by atoms with van der Waals surface area (Å²) in [6.45, 7) is 1.75. The number of methoxy groups -OCH3 is 1. The molecule has 3 heterocycles. The number of ether oxygens (including phenoxy) is 1. The van der Waals surface area contributed by atoms with Crippen molar-refractivity contribution < 1.29 is 19.4 Å². The molecule has 0 aliphatic carbocycles. The quantitative estimate of drug-likeness (QED) is 0.537. The van der Waals surface area contributed by atoms with E-state index >= 15 is 0 Å². The van der Waals surface area contributed by atoms with Gasteiger partial charge in [0.05, 0.1) is 29.8 Å². The van der Waals surface area contributed by atoms with Crippen molar-refractivity contribution in [3.63, 3.8) is 0 Å². The van der Waals surface area contributed by atoms with Gasteiger partial charge in [-0.3, -0.25) is 4.79 Å². The molecule has 0 atom stereocenters. The Morgan fingerprint density at radius 3 is 2.73 bits per heavy atom. The molecule has 0 saturated carbocycles. The molecule has 3 rings (SSSR count). The van der Waals surface area contributed by atoms with Gasteiger partial charge in [-0.2, -0.15) is 9.78 Å². The Bertz CT molecular complexity index is 895. The van der Waals surface area contributed by atoms with Gasteiger partial charge in [-0.15, -0.1) is 0 Å². The van der Waals surface area contributed by atoms with Crippen molar-refractivity contribution in [3.8, 4) is 11.6 Å². The third kappa shape index (κ3) is 1.91. The molecule has 9 heteroatoms. The van der Waals surface area contributed by atoms with Crippen molar-refractivity contribution in [2.75, 3.05) is 7.11 Å². The molecule has 22 heavy (non-hydrogen) atoms. The van der Waals surface area contributed by atoms with E-state index in [-0.39, 0.29) is 5.56 Å². The standard InChI is InChI=1S/C13H11N5O4/c1-6-16-5-17-18(6)12-10-9(8(22-2)4-15-12)7(3-14-10)11(19)13(20)21/h3-5,14H,1-2H3,(H,20,21). The summed E-state index contributed by atoms with van der Waals surface area (Å²) in [5.41, 5.74) is 0.443. The lowest BCUT2D eigenvalue weighted by molar-refractivity contribution is -0.131. The number of aromatic amines is 1. The smallest absolute Gasteiger partial charge is 0.377 e. The van der Waals surface area contributed by atoms with Crippen LogP contribution in [0.4, 0.5) is 0 Å². The fraction of sp³-hybridized carbons (Fsp3) is 0.154. The number of aryl methyl sites for hydroxylation is 1. The van der Waals surface area contributed by atoms with Crippen LogP contribution in [-0.2, 0) is 4.79 Å². The number of ketones is 1. The summed E-state index contributed by atoms with van der Waals surface area (Å²) in [5.74, 6) is -1.28. The minimum Gasteiger partial charge on any atom is -0.494 e. The van der Waals surface area contributed by atoms with Crippen LogP contribution < -0.4 is 4.74 Å². The Labute approximate surface area is 123 Å². The fourth-order valence-electron chi connectivity index (χ4n) is 2.22. The Kier molecular flexibility index (Phi) is 3.09. The highest BCUT2D eigenvalue weighted by Crippen LogP contribution is 2.31. The second-order valence-corrected chi connectivity index (χ2v) is 4.46. The van der Waals surface area contributed by atoms with Gasteiger partial charge >= 0.3 is 5.97 Å². The number of aliphatic carboxylic acids is 1. The lowest BCUT2D eigenvalue weighted by Crippen LogP contribution is -2.12. The summed E-state index contributed by atoms with van der Waals surface area (Å²) in [6.07, 6.45) is 4.10. The van der Waals surface area contributed by atoms with Crippen molar-refractivity contribution in [2.45, 2.75) is 6.92 Å². The van der Waals surface area contributed by atoms with Crippen molar-refractivity contribution in [1.29, 1.82) is 0 Å². The van der Waals surface area contributed by atoms with E-state index < -0.39 is 11.8 Å². The minimum atomic E-state index is -1.54. The highest BCUT2D eigenvalue weighted by atomic mass is 16.5. The molecule has 112 valence electrons. The molecule has 0 aliphatic heterocycles. The number of carbonyl (C=O) groups excluding carboxylic acids is 1. The number of H-pyrrole nitrogens is 1. The first-order valence-corrected chi connectivity index (χ1v) is 6.23. The van der Waals surface area contributed by atoms with Crippen molar-refractivity contribution >= 4 is 22.7 Å². The van der Waals surface area contributed by atoms with Gasteiger partial charge < -0.3 is 14.8 Å². The Morgan fingerprint density at radius 2 is 2.14 bits per heavy atom.